The first kappa shape index (κ1) is 13.2. The molecule has 9 heteroatoms. The molecule has 0 amide bonds. The molecule has 0 radical (unpaired) electrons. The van der Waals surface area contributed by atoms with Crippen LogP contribution in [-0.2, 0) is 11.4 Å². The van der Waals surface area contributed by atoms with Crippen molar-refractivity contribution in [2.45, 2.75) is 0 Å². The number of nitrogens with zero attached hydrogens (tertiary/aromatic N) is 6. The molecule has 0 aromatic carbocycles. The van der Waals surface area contributed by atoms with Crippen LogP contribution in [0.15, 0.2) is 8.55 Å². The maximum atomic E-state index is 4.57. The molecule has 0 bridgehead atoms. The molecular weight excluding hydrogens is 234 g/mol. The van der Waals surface area contributed by atoms with Crippen LogP contribution in [0.3, 0.4) is 0 Å². The van der Waals surface area contributed by atoms with E-state index < -0.39 is 0 Å². The van der Waals surface area contributed by atoms with Crippen LogP contribution >= 0.6 is 0 Å². The van der Waals surface area contributed by atoms with Gasteiger partial charge in [-0.15, -0.1) is 0 Å². The highest BCUT2D eigenvalue weighted by Gasteiger charge is 2.33. The SMILES string of the molecule is CN1CCN(C)B1N=S=NB1N(C)CCN1C. The van der Waals surface area contributed by atoms with Crippen LogP contribution in [-0.4, -0.2) is 87.8 Å². The average molecular weight is 254 g/mol. The van der Waals surface area contributed by atoms with E-state index in [2.05, 4.69) is 56.0 Å². The van der Waals surface area contributed by atoms with Crippen LogP contribution in [0.2, 0.25) is 0 Å². The van der Waals surface area contributed by atoms with Crippen molar-refractivity contribution in [2.75, 3.05) is 54.4 Å². The summed E-state index contributed by atoms with van der Waals surface area (Å²) in [7, 11) is 8.75. The zero-order valence-corrected chi connectivity index (χ0v) is 11.9. The molecule has 0 spiro atoms. The van der Waals surface area contributed by atoms with E-state index in [9.17, 15) is 0 Å². The van der Waals surface area contributed by atoms with Gasteiger partial charge in [-0.05, 0) is 28.2 Å². The lowest BCUT2D eigenvalue weighted by Gasteiger charge is -2.14. The zero-order valence-electron chi connectivity index (χ0n) is 11.1. The van der Waals surface area contributed by atoms with E-state index in [-0.39, 0.29) is 14.2 Å². The van der Waals surface area contributed by atoms with Crippen molar-refractivity contribution in [3.63, 3.8) is 0 Å². The molecule has 0 N–H and O–H groups in total. The summed E-state index contributed by atoms with van der Waals surface area (Å²) in [6.45, 7) is 4.31. The number of rotatable bonds is 2. The normalized spacial score (nSPS) is 24.7. The molecule has 0 aliphatic carbocycles. The molecule has 2 aliphatic heterocycles. The fourth-order valence-corrected chi connectivity index (χ4v) is 3.07. The van der Waals surface area contributed by atoms with Gasteiger partial charge in [-0.3, -0.25) is 0 Å². The molecule has 2 aliphatic rings. The van der Waals surface area contributed by atoms with E-state index >= 15 is 0 Å². The number of likely N-dealkylation sites (N-methyl/N-ethyl adjacent to an activating group) is 4. The first-order valence-corrected chi connectivity index (χ1v) is 6.70. The molecule has 2 heterocycles. The van der Waals surface area contributed by atoms with E-state index in [1.54, 1.807) is 0 Å². The molecule has 17 heavy (non-hydrogen) atoms. The van der Waals surface area contributed by atoms with Crippen molar-refractivity contribution in [1.29, 1.82) is 0 Å². The Morgan fingerprint density at radius 2 is 1.00 bits per heavy atom. The highest BCUT2D eigenvalue weighted by molar-refractivity contribution is 7.59. The van der Waals surface area contributed by atoms with E-state index in [1.165, 1.54) is 11.4 Å². The van der Waals surface area contributed by atoms with Gasteiger partial charge in [-0.25, -0.2) is 8.55 Å². The highest BCUT2D eigenvalue weighted by atomic mass is 32.1. The van der Waals surface area contributed by atoms with E-state index in [1.807, 2.05) is 0 Å². The lowest BCUT2D eigenvalue weighted by atomic mass is 9.95. The quantitative estimate of drug-likeness (QED) is 0.602. The standard InChI is InChI=1S/C8H20B2N6S/c1-13-5-6-14(2)9(13)11-17-12-10-15(3)7-8-16(10)4/h5-8H2,1-4H3. The van der Waals surface area contributed by atoms with Crippen molar-refractivity contribution in [3.05, 3.63) is 0 Å². The lowest BCUT2D eigenvalue weighted by Crippen LogP contribution is -2.39. The Labute approximate surface area is 108 Å². The Balaban J connectivity index is 1.99. The number of hydrogen-bond donors (Lipinski definition) is 0. The van der Waals surface area contributed by atoms with Crippen LogP contribution in [0.1, 0.15) is 0 Å². The van der Waals surface area contributed by atoms with Gasteiger partial charge in [0.05, 0.1) is 0 Å². The minimum absolute atomic E-state index is 0.167. The molecule has 2 saturated heterocycles. The van der Waals surface area contributed by atoms with Gasteiger partial charge in [0, 0.05) is 37.5 Å². The summed E-state index contributed by atoms with van der Waals surface area (Å²) >= 11 is 1.35. The molecule has 2 fully saturated rings. The molecule has 2 rings (SSSR count). The summed E-state index contributed by atoms with van der Waals surface area (Å²) in [4.78, 5) is 8.96. The first-order valence-electron chi connectivity index (χ1n) is 5.97. The predicted molar refractivity (Wildman–Crippen MR) is 74.2 cm³/mol. The Hall–Kier alpha value is -0.210. The minimum Gasteiger partial charge on any atom is -0.308 e. The van der Waals surface area contributed by atoms with Crippen molar-refractivity contribution < 1.29 is 0 Å². The maximum Gasteiger partial charge on any atom is 0.468 e. The van der Waals surface area contributed by atoms with Gasteiger partial charge in [0.15, 0.2) is 0 Å². The third-order valence-electron chi connectivity index (χ3n) is 3.47. The van der Waals surface area contributed by atoms with Crippen LogP contribution < -0.4 is 0 Å². The molecule has 6 nitrogen and oxygen atoms in total. The predicted octanol–water partition coefficient (Wildman–Crippen LogP) is -0.840. The summed E-state index contributed by atoms with van der Waals surface area (Å²) in [6, 6.07) is 0. The third-order valence-corrected chi connectivity index (χ3v) is 4.04. The summed E-state index contributed by atoms with van der Waals surface area (Å²) in [5, 5.41) is 0. The second-order valence-corrected chi connectivity index (χ2v) is 5.49. The smallest absolute Gasteiger partial charge is 0.308 e. The Morgan fingerprint density at radius 3 is 1.29 bits per heavy atom. The van der Waals surface area contributed by atoms with Crippen LogP contribution in [0, 0.1) is 0 Å². The van der Waals surface area contributed by atoms with Gasteiger partial charge in [0.2, 0.25) is 0 Å². The van der Waals surface area contributed by atoms with E-state index in [0.29, 0.717) is 0 Å². The molecular formula is C8H20B2N6S. The molecule has 94 valence electrons. The van der Waals surface area contributed by atoms with E-state index in [0.717, 1.165) is 26.2 Å². The van der Waals surface area contributed by atoms with Gasteiger partial charge < -0.3 is 19.2 Å². The average Bonchev–Trinajstić information content (AvgIpc) is 2.77. The summed E-state index contributed by atoms with van der Waals surface area (Å²) in [5.74, 6) is 0. The number of hydrogen-bond acceptors (Lipinski definition) is 6. The zero-order chi connectivity index (χ0) is 12.4. The van der Waals surface area contributed by atoms with Crippen molar-refractivity contribution >= 4 is 25.6 Å². The summed E-state index contributed by atoms with van der Waals surface area (Å²) in [5.41, 5.74) is 0. The summed E-state index contributed by atoms with van der Waals surface area (Å²) in [6.07, 6.45) is 0. The minimum atomic E-state index is 0.167. The van der Waals surface area contributed by atoms with Crippen LogP contribution in [0.5, 0.6) is 0 Å². The fourth-order valence-electron chi connectivity index (χ4n) is 2.20. The molecule has 0 atom stereocenters. The Bertz CT molecular complexity index is 288. The van der Waals surface area contributed by atoms with Crippen LogP contribution in [0.4, 0.5) is 0 Å². The van der Waals surface area contributed by atoms with Gasteiger partial charge in [-0.1, -0.05) is 0 Å². The monoisotopic (exact) mass is 254 g/mol. The topological polar surface area (TPSA) is 37.7 Å². The fraction of sp³-hybridized carbons (Fsp3) is 1.00. The van der Waals surface area contributed by atoms with Crippen molar-refractivity contribution in [1.82, 2.24) is 19.2 Å². The Kier molecular flexibility index (Phi) is 4.37. The van der Waals surface area contributed by atoms with Gasteiger partial charge in [0.1, 0.15) is 0 Å². The highest BCUT2D eigenvalue weighted by Crippen LogP contribution is 2.08. The van der Waals surface area contributed by atoms with Crippen LogP contribution in [0.25, 0.3) is 0 Å². The lowest BCUT2D eigenvalue weighted by molar-refractivity contribution is 0.553. The van der Waals surface area contributed by atoms with Crippen molar-refractivity contribution in [2.24, 2.45) is 8.55 Å². The first-order chi connectivity index (χ1) is 8.09. The second-order valence-electron chi connectivity index (χ2n) is 4.91. The molecule has 0 aromatic rings. The Morgan fingerprint density at radius 1 is 0.706 bits per heavy atom. The van der Waals surface area contributed by atoms with Crippen molar-refractivity contribution in [3.8, 4) is 0 Å². The van der Waals surface area contributed by atoms with E-state index in [4.69, 9.17) is 0 Å². The maximum absolute atomic E-state index is 4.57. The van der Waals surface area contributed by atoms with Gasteiger partial charge >= 0.3 is 14.2 Å². The van der Waals surface area contributed by atoms with Gasteiger partial charge in [0.25, 0.3) is 0 Å². The second kappa shape index (κ2) is 5.62. The third kappa shape index (κ3) is 2.97. The largest absolute Gasteiger partial charge is 0.468 e. The van der Waals surface area contributed by atoms with Gasteiger partial charge in [-0.2, -0.15) is 0 Å². The molecule has 0 saturated carbocycles. The molecule has 0 unspecified atom stereocenters. The summed E-state index contributed by atoms with van der Waals surface area (Å²) < 4.78 is 9.13. The molecule has 0 aromatic heterocycles.